The van der Waals surface area contributed by atoms with Gasteiger partial charge in [-0.2, -0.15) is 8.78 Å². The first-order valence-corrected chi connectivity index (χ1v) is 16.0. The van der Waals surface area contributed by atoms with Crippen LogP contribution in [0.1, 0.15) is 71.4 Å². The Morgan fingerprint density at radius 2 is 1.12 bits per heavy atom. The number of amides is 3. The first-order chi connectivity index (χ1) is 24.6. The molecule has 17 heteroatoms. The van der Waals surface area contributed by atoms with E-state index in [0.29, 0.717) is 17.5 Å². The first kappa shape index (κ1) is 37.8. The zero-order valence-electron chi connectivity index (χ0n) is 28.5. The van der Waals surface area contributed by atoms with Crippen LogP contribution in [0.5, 0.6) is 11.5 Å². The highest BCUT2D eigenvalue weighted by molar-refractivity contribution is 5.95. The summed E-state index contributed by atoms with van der Waals surface area (Å²) in [4.78, 5) is 50.4. The van der Waals surface area contributed by atoms with E-state index in [9.17, 15) is 23.2 Å². The highest BCUT2D eigenvalue weighted by atomic mass is 19.3. The van der Waals surface area contributed by atoms with E-state index in [1.54, 1.807) is 19.6 Å². The van der Waals surface area contributed by atoms with Gasteiger partial charge >= 0.3 is 12.3 Å². The van der Waals surface area contributed by atoms with Crippen LogP contribution in [-0.4, -0.2) is 58.3 Å². The highest BCUT2D eigenvalue weighted by Gasteiger charge is 2.46. The number of rotatable bonds is 11. The average Bonchev–Trinajstić information content (AvgIpc) is 4.13. The Balaban J connectivity index is 0.000000222. The number of carbonyl (C=O) groups excluding carboxylic acids is 3. The van der Waals surface area contributed by atoms with Crippen molar-refractivity contribution in [1.29, 1.82) is 0 Å². The van der Waals surface area contributed by atoms with Crippen molar-refractivity contribution in [1.82, 2.24) is 36.2 Å². The second-order valence-electron chi connectivity index (χ2n) is 11.2. The van der Waals surface area contributed by atoms with Crippen LogP contribution in [0.2, 0.25) is 0 Å². The number of nitrogens with zero attached hydrogens (tertiary/aromatic N) is 4. The molecule has 3 amide bonds. The number of benzene rings is 2. The summed E-state index contributed by atoms with van der Waals surface area (Å²) in [6.45, 7) is 4.00. The number of anilines is 2. The molecule has 4 aromatic rings. The van der Waals surface area contributed by atoms with E-state index in [0.717, 1.165) is 48.3 Å². The maximum absolute atomic E-state index is 12.1. The highest BCUT2D eigenvalue weighted by Crippen LogP contribution is 2.49. The Bertz CT molecular complexity index is 1790. The van der Waals surface area contributed by atoms with Crippen molar-refractivity contribution in [3.8, 4) is 11.5 Å². The Morgan fingerprint density at radius 1 is 0.706 bits per heavy atom. The molecule has 0 aliphatic heterocycles. The van der Waals surface area contributed by atoms with Crippen LogP contribution in [0.25, 0.3) is 0 Å². The van der Waals surface area contributed by atoms with Crippen LogP contribution in [0, 0.1) is 0 Å². The number of nitrogen functional groups attached to an aromatic ring is 1. The molecule has 6 rings (SSSR count). The topological polar surface area (TPSA) is 207 Å². The summed E-state index contributed by atoms with van der Waals surface area (Å²) >= 11 is 0. The number of hydrazine groups is 2. The van der Waals surface area contributed by atoms with E-state index in [1.165, 1.54) is 24.8 Å². The van der Waals surface area contributed by atoms with E-state index in [1.807, 2.05) is 67.2 Å². The van der Waals surface area contributed by atoms with Gasteiger partial charge in [0.2, 0.25) is 11.9 Å². The van der Waals surface area contributed by atoms with Gasteiger partial charge in [-0.15, -0.1) is 0 Å². The fraction of sp³-hybridized carbons (Fsp3) is 0.324. The lowest BCUT2D eigenvalue weighted by Gasteiger charge is -2.18. The van der Waals surface area contributed by atoms with E-state index in [2.05, 4.69) is 36.6 Å². The van der Waals surface area contributed by atoms with E-state index < -0.39 is 24.1 Å². The van der Waals surface area contributed by atoms with Crippen LogP contribution >= 0.6 is 0 Å². The number of hydrogen-bond donors (Lipinski definition) is 6. The number of carbonyl (C=O) groups is 3. The van der Waals surface area contributed by atoms with E-state index in [4.69, 9.17) is 15.3 Å². The quantitative estimate of drug-likeness (QED) is 0.0748. The van der Waals surface area contributed by atoms with Crippen molar-refractivity contribution in [3.05, 3.63) is 95.6 Å². The van der Waals surface area contributed by atoms with Gasteiger partial charge in [0, 0.05) is 24.8 Å². The van der Waals surface area contributed by atoms with Crippen molar-refractivity contribution in [2.45, 2.75) is 57.0 Å². The van der Waals surface area contributed by atoms with Crippen molar-refractivity contribution in [2.75, 3.05) is 24.9 Å². The summed E-state index contributed by atoms with van der Waals surface area (Å²) in [7, 11) is 3.25. The van der Waals surface area contributed by atoms with Crippen LogP contribution in [0.15, 0.2) is 73.3 Å². The summed E-state index contributed by atoms with van der Waals surface area (Å²) < 4.78 is 34.7. The molecule has 2 aliphatic carbocycles. The van der Waals surface area contributed by atoms with Crippen molar-refractivity contribution in [2.24, 2.45) is 5.84 Å². The summed E-state index contributed by atoms with van der Waals surface area (Å²) in [5.41, 5.74) is 7.58. The standard InChI is InChI=1S/C17H17F2N5O3.C15H17N5O2.C2H6/c1-27-12-4-2-3-11(7-12)17(5-6-17)22-16-20-8-10(9-21-16)14(25)23-24-15(26)13(18)19;1-22-12-4-2-3-11(7-12)15(5-6-15)19-14-17-8-10(9-18-14)13(21)20-16;1-2/h2-4,7-9,13H,5-6H2,1H3,(H,23,25)(H,24,26)(H,20,21,22);2-4,7-9H,5-6,16H2,1H3,(H,20,21)(H,17,18,19);1-2H3. The second-order valence-corrected chi connectivity index (χ2v) is 11.2. The Labute approximate surface area is 293 Å². The summed E-state index contributed by atoms with van der Waals surface area (Å²) in [6.07, 6.45) is 5.92. The second kappa shape index (κ2) is 17.1. The van der Waals surface area contributed by atoms with Gasteiger partial charge in [-0.05, 0) is 61.1 Å². The zero-order chi connectivity index (χ0) is 37.0. The molecule has 51 heavy (non-hydrogen) atoms. The number of hydrogen-bond acceptors (Lipinski definition) is 12. The number of ether oxygens (including phenoxy) is 2. The number of aromatic nitrogens is 4. The molecule has 270 valence electrons. The predicted octanol–water partition coefficient (Wildman–Crippen LogP) is 3.83. The number of halogens is 2. The summed E-state index contributed by atoms with van der Waals surface area (Å²) in [5.74, 6) is 4.63. The molecule has 2 fully saturated rings. The molecule has 0 atom stereocenters. The zero-order valence-corrected chi connectivity index (χ0v) is 28.5. The molecule has 2 saturated carbocycles. The molecule has 0 spiro atoms. The van der Waals surface area contributed by atoms with Crippen molar-refractivity contribution >= 4 is 29.6 Å². The minimum Gasteiger partial charge on any atom is -0.497 e. The lowest BCUT2D eigenvalue weighted by Crippen LogP contribution is -2.44. The van der Waals surface area contributed by atoms with Gasteiger partial charge in [0.1, 0.15) is 11.5 Å². The third-order valence-corrected chi connectivity index (χ3v) is 7.90. The molecular weight excluding hydrogens is 666 g/mol. The van der Waals surface area contributed by atoms with Gasteiger partial charge in [-0.3, -0.25) is 30.7 Å². The first-order valence-electron chi connectivity index (χ1n) is 16.0. The third-order valence-electron chi connectivity index (χ3n) is 7.90. The smallest absolute Gasteiger partial charge is 0.317 e. The Kier molecular flexibility index (Phi) is 12.7. The van der Waals surface area contributed by atoms with Crippen LogP contribution in [0.4, 0.5) is 20.7 Å². The molecule has 0 bridgehead atoms. The molecule has 2 aromatic carbocycles. The summed E-state index contributed by atoms with van der Waals surface area (Å²) in [6, 6.07) is 15.6. The van der Waals surface area contributed by atoms with Crippen molar-refractivity contribution < 1.29 is 32.6 Å². The molecule has 2 aromatic heterocycles. The fourth-order valence-corrected chi connectivity index (χ4v) is 4.84. The molecule has 2 aliphatic rings. The van der Waals surface area contributed by atoms with Gasteiger partial charge < -0.3 is 20.1 Å². The number of nitrogens with one attached hydrogen (secondary N) is 5. The Hall–Kier alpha value is -5.97. The largest absolute Gasteiger partial charge is 0.497 e. The van der Waals surface area contributed by atoms with Gasteiger partial charge in [-0.1, -0.05) is 38.1 Å². The van der Waals surface area contributed by atoms with Gasteiger partial charge in [-0.25, -0.2) is 25.8 Å². The normalized spacial score (nSPS) is 14.2. The predicted molar refractivity (Wildman–Crippen MR) is 184 cm³/mol. The van der Waals surface area contributed by atoms with Crippen LogP contribution in [-0.2, 0) is 15.9 Å². The minimum atomic E-state index is -3.22. The minimum absolute atomic E-state index is 0.0151. The molecule has 0 saturated heterocycles. The van der Waals surface area contributed by atoms with E-state index in [-0.39, 0.29) is 16.6 Å². The lowest BCUT2D eigenvalue weighted by molar-refractivity contribution is -0.132. The average molecular weight is 707 g/mol. The maximum atomic E-state index is 12.1. The third kappa shape index (κ3) is 9.81. The Morgan fingerprint density at radius 3 is 1.47 bits per heavy atom. The molecule has 0 unspecified atom stereocenters. The van der Waals surface area contributed by atoms with Gasteiger partial charge in [0.15, 0.2) is 0 Å². The number of methoxy groups -OCH3 is 2. The van der Waals surface area contributed by atoms with Gasteiger partial charge in [0.05, 0.1) is 36.4 Å². The molecule has 2 heterocycles. The van der Waals surface area contributed by atoms with Gasteiger partial charge in [0.25, 0.3) is 11.8 Å². The van der Waals surface area contributed by atoms with Crippen LogP contribution in [0.3, 0.4) is 0 Å². The SMILES string of the molecule is CC.COc1cccc(C2(Nc3ncc(C(=O)NN)cn3)CC2)c1.COc1cccc(C2(Nc3ncc(C(=O)NNC(=O)C(F)F)cn3)CC2)c1. The molecular formula is C34H40F2N10O5. The lowest BCUT2D eigenvalue weighted by atomic mass is 10.0. The maximum Gasteiger partial charge on any atom is 0.317 e. The molecule has 15 nitrogen and oxygen atoms in total. The number of nitrogens with two attached hydrogens (primary N) is 1. The molecule has 7 N–H and O–H groups in total. The molecule has 0 radical (unpaired) electrons. The fourth-order valence-electron chi connectivity index (χ4n) is 4.84. The van der Waals surface area contributed by atoms with Crippen molar-refractivity contribution in [3.63, 3.8) is 0 Å². The summed E-state index contributed by atoms with van der Waals surface area (Å²) in [5, 5.41) is 6.59. The van der Waals surface area contributed by atoms with Crippen LogP contribution < -0.4 is 42.2 Å². The monoisotopic (exact) mass is 706 g/mol. The number of alkyl halides is 2. The van der Waals surface area contributed by atoms with E-state index >= 15 is 0 Å².